The van der Waals surface area contributed by atoms with Gasteiger partial charge in [-0.1, -0.05) is 18.2 Å². The quantitative estimate of drug-likeness (QED) is 0.805. The molecule has 1 N–H and O–H groups in total. The molecular formula is C17H20N4O. The second-order valence-corrected chi connectivity index (χ2v) is 5.84. The van der Waals surface area contributed by atoms with Crippen molar-refractivity contribution in [1.29, 1.82) is 0 Å². The van der Waals surface area contributed by atoms with E-state index in [4.69, 9.17) is 4.42 Å². The first-order valence-corrected chi connectivity index (χ1v) is 7.70. The van der Waals surface area contributed by atoms with Crippen molar-refractivity contribution in [2.24, 2.45) is 7.05 Å². The number of nitrogens with zero attached hydrogens (tertiary/aromatic N) is 3. The van der Waals surface area contributed by atoms with Crippen LogP contribution in [0.25, 0.3) is 11.0 Å². The Morgan fingerprint density at radius 2 is 2.27 bits per heavy atom. The molecule has 114 valence electrons. The van der Waals surface area contributed by atoms with Crippen LogP contribution >= 0.6 is 0 Å². The highest BCUT2D eigenvalue weighted by Gasteiger charge is 2.27. The van der Waals surface area contributed by atoms with Crippen LogP contribution in [0, 0.1) is 0 Å². The molecule has 5 heteroatoms. The fraction of sp³-hybridized carbons (Fsp3) is 0.353. The van der Waals surface area contributed by atoms with Crippen molar-refractivity contribution < 1.29 is 4.42 Å². The first-order chi connectivity index (χ1) is 10.8. The van der Waals surface area contributed by atoms with Crippen molar-refractivity contribution in [3.05, 3.63) is 54.3 Å². The summed E-state index contributed by atoms with van der Waals surface area (Å²) in [5.41, 5.74) is 2.21. The summed E-state index contributed by atoms with van der Waals surface area (Å²) in [7, 11) is 2.06. The number of aromatic nitrogens is 2. The predicted octanol–water partition coefficient (Wildman–Crippen LogP) is 2.31. The van der Waals surface area contributed by atoms with E-state index < -0.39 is 0 Å². The Hall–Kier alpha value is -2.11. The molecule has 1 unspecified atom stereocenters. The van der Waals surface area contributed by atoms with Crippen molar-refractivity contribution in [2.45, 2.75) is 12.6 Å². The van der Waals surface area contributed by atoms with Gasteiger partial charge in [0.25, 0.3) is 0 Å². The van der Waals surface area contributed by atoms with E-state index in [0.29, 0.717) is 6.04 Å². The number of para-hydroxylation sites is 1. The maximum absolute atomic E-state index is 5.68. The van der Waals surface area contributed by atoms with Crippen LogP contribution in [0.1, 0.15) is 17.4 Å². The van der Waals surface area contributed by atoms with Crippen LogP contribution in [-0.2, 0) is 13.6 Å². The maximum Gasteiger partial charge on any atom is 0.134 e. The van der Waals surface area contributed by atoms with Crippen LogP contribution in [0.15, 0.2) is 47.3 Å². The lowest BCUT2D eigenvalue weighted by Crippen LogP contribution is -2.46. The van der Waals surface area contributed by atoms with Gasteiger partial charge >= 0.3 is 0 Å². The minimum Gasteiger partial charge on any atom is -0.464 e. The number of rotatable bonds is 3. The molecule has 2 aromatic heterocycles. The van der Waals surface area contributed by atoms with Crippen molar-refractivity contribution in [1.82, 2.24) is 19.8 Å². The number of imidazole rings is 1. The predicted molar refractivity (Wildman–Crippen MR) is 85.4 cm³/mol. The van der Waals surface area contributed by atoms with Gasteiger partial charge in [0.15, 0.2) is 0 Å². The molecular weight excluding hydrogens is 276 g/mol. The Morgan fingerprint density at radius 3 is 3.14 bits per heavy atom. The fourth-order valence-corrected chi connectivity index (χ4v) is 3.26. The molecule has 5 nitrogen and oxygen atoms in total. The molecule has 0 saturated carbocycles. The molecule has 0 bridgehead atoms. The Bertz CT molecular complexity index is 776. The van der Waals surface area contributed by atoms with Crippen LogP contribution in [0.3, 0.4) is 0 Å². The normalized spacial score (nSPS) is 19.8. The van der Waals surface area contributed by atoms with Gasteiger partial charge in [0.2, 0.25) is 0 Å². The summed E-state index contributed by atoms with van der Waals surface area (Å²) in [6.45, 7) is 3.84. The molecule has 1 atom stereocenters. The minimum absolute atomic E-state index is 0.294. The topological polar surface area (TPSA) is 46.2 Å². The number of piperazine rings is 1. The molecule has 3 heterocycles. The Morgan fingerprint density at radius 1 is 1.36 bits per heavy atom. The highest BCUT2D eigenvalue weighted by molar-refractivity contribution is 5.80. The highest BCUT2D eigenvalue weighted by Crippen LogP contribution is 2.27. The van der Waals surface area contributed by atoms with E-state index in [2.05, 4.69) is 38.9 Å². The second-order valence-electron chi connectivity index (χ2n) is 5.84. The molecule has 1 aromatic carbocycles. The number of aryl methyl sites for hydroxylation is 1. The van der Waals surface area contributed by atoms with Crippen LogP contribution in [0.5, 0.6) is 0 Å². The summed E-state index contributed by atoms with van der Waals surface area (Å²) in [4.78, 5) is 7.02. The molecule has 22 heavy (non-hydrogen) atoms. The summed E-state index contributed by atoms with van der Waals surface area (Å²) in [6, 6.07) is 8.52. The van der Waals surface area contributed by atoms with E-state index in [1.165, 1.54) is 10.9 Å². The monoisotopic (exact) mass is 296 g/mol. The van der Waals surface area contributed by atoms with E-state index in [0.717, 1.165) is 37.6 Å². The van der Waals surface area contributed by atoms with Crippen molar-refractivity contribution in [3.63, 3.8) is 0 Å². The van der Waals surface area contributed by atoms with Gasteiger partial charge < -0.3 is 14.3 Å². The molecule has 4 rings (SSSR count). The van der Waals surface area contributed by atoms with Gasteiger partial charge in [0, 0.05) is 56.6 Å². The first kappa shape index (κ1) is 13.5. The third kappa shape index (κ3) is 2.32. The van der Waals surface area contributed by atoms with Gasteiger partial charge in [-0.3, -0.25) is 4.90 Å². The molecule has 0 spiro atoms. The Balaban J connectivity index is 1.64. The van der Waals surface area contributed by atoms with Gasteiger partial charge in [-0.25, -0.2) is 4.98 Å². The average Bonchev–Trinajstić information content (AvgIpc) is 3.15. The minimum atomic E-state index is 0.294. The smallest absolute Gasteiger partial charge is 0.134 e. The zero-order valence-corrected chi connectivity index (χ0v) is 12.7. The fourth-order valence-electron chi connectivity index (χ4n) is 3.26. The Labute approximate surface area is 129 Å². The molecule has 3 aromatic rings. The van der Waals surface area contributed by atoms with Crippen LogP contribution in [-0.4, -0.2) is 34.1 Å². The molecule has 1 fully saturated rings. The van der Waals surface area contributed by atoms with E-state index in [9.17, 15) is 0 Å². The number of hydrogen-bond donors (Lipinski definition) is 1. The first-order valence-electron chi connectivity index (χ1n) is 7.70. The van der Waals surface area contributed by atoms with Crippen LogP contribution in [0.4, 0.5) is 0 Å². The van der Waals surface area contributed by atoms with Crippen LogP contribution in [0.2, 0.25) is 0 Å². The number of fused-ring (bicyclic) bond motifs is 1. The van der Waals surface area contributed by atoms with Gasteiger partial charge in [-0.05, 0) is 6.07 Å². The molecule has 0 aliphatic carbocycles. The van der Waals surface area contributed by atoms with Gasteiger partial charge in [0.05, 0.1) is 12.3 Å². The van der Waals surface area contributed by atoms with Crippen molar-refractivity contribution in [3.8, 4) is 0 Å². The second kappa shape index (κ2) is 5.59. The summed E-state index contributed by atoms with van der Waals surface area (Å²) in [5.74, 6) is 1.11. The van der Waals surface area contributed by atoms with Gasteiger partial charge in [-0.15, -0.1) is 0 Å². The van der Waals surface area contributed by atoms with Gasteiger partial charge in [0.1, 0.15) is 11.4 Å². The molecule has 0 amide bonds. The zero-order valence-electron chi connectivity index (χ0n) is 12.7. The zero-order chi connectivity index (χ0) is 14.9. The van der Waals surface area contributed by atoms with E-state index >= 15 is 0 Å². The lowest BCUT2D eigenvalue weighted by molar-refractivity contribution is 0.145. The largest absolute Gasteiger partial charge is 0.464 e. The van der Waals surface area contributed by atoms with Gasteiger partial charge in [-0.2, -0.15) is 0 Å². The molecule has 1 aliphatic heterocycles. The molecule has 0 radical (unpaired) electrons. The molecule has 1 saturated heterocycles. The third-order valence-electron chi connectivity index (χ3n) is 4.45. The Kier molecular flexibility index (Phi) is 3.44. The number of nitrogens with one attached hydrogen (secondary N) is 1. The number of benzene rings is 1. The maximum atomic E-state index is 5.68. The lowest BCUT2D eigenvalue weighted by atomic mass is 10.1. The van der Waals surface area contributed by atoms with Crippen molar-refractivity contribution in [2.75, 3.05) is 19.6 Å². The van der Waals surface area contributed by atoms with Crippen molar-refractivity contribution >= 4 is 11.0 Å². The standard InChI is InChI=1S/C17H20N4O/c1-20-8-7-19-17(20)15-10-18-6-9-21(15)11-13-12-22-16-5-3-2-4-14(13)16/h2-5,7-8,12,15,18H,6,9-11H2,1H3. The highest BCUT2D eigenvalue weighted by atomic mass is 16.3. The van der Waals surface area contributed by atoms with Crippen LogP contribution < -0.4 is 5.32 Å². The SMILES string of the molecule is Cn1ccnc1C1CNCCN1Cc1coc2ccccc12. The lowest BCUT2D eigenvalue weighted by Gasteiger charge is -2.35. The van der Waals surface area contributed by atoms with E-state index in [-0.39, 0.29) is 0 Å². The van der Waals surface area contributed by atoms with E-state index in [1.807, 2.05) is 30.8 Å². The molecule has 1 aliphatic rings. The van der Waals surface area contributed by atoms with E-state index in [1.54, 1.807) is 0 Å². The summed E-state index contributed by atoms with van der Waals surface area (Å²) < 4.78 is 7.79. The summed E-state index contributed by atoms with van der Waals surface area (Å²) in [5, 5.41) is 4.69. The summed E-state index contributed by atoms with van der Waals surface area (Å²) in [6.07, 6.45) is 5.77. The summed E-state index contributed by atoms with van der Waals surface area (Å²) >= 11 is 0. The third-order valence-corrected chi connectivity index (χ3v) is 4.45. The number of hydrogen-bond acceptors (Lipinski definition) is 4. The number of furan rings is 1. The average molecular weight is 296 g/mol.